The first-order chi connectivity index (χ1) is 12.3. The SMILES string of the molecule is O=C(N[C@H]1CC[C@H](N2C=C(C3CC3)NN2)CC1)OCc1ccccc1. The zero-order valence-corrected chi connectivity index (χ0v) is 14.4. The van der Waals surface area contributed by atoms with Crippen molar-refractivity contribution in [2.45, 2.75) is 57.2 Å². The second-order valence-corrected chi connectivity index (χ2v) is 7.21. The van der Waals surface area contributed by atoms with Gasteiger partial charge in [-0.3, -0.25) is 5.01 Å². The van der Waals surface area contributed by atoms with Crippen LogP contribution in [0, 0.1) is 5.92 Å². The van der Waals surface area contributed by atoms with Crippen molar-refractivity contribution in [2.24, 2.45) is 5.92 Å². The average Bonchev–Trinajstić information content (AvgIpc) is 3.39. The summed E-state index contributed by atoms with van der Waals surface area (Å²) in [5.41, 5.74) is 8.89. The van der Waals surface area contributed by atoms with Crippen molar-refractivity contribution in [3.63, 3.8) is 0 Å². The molecule has 0 aromatic heterocycles. The fraction of sp³-hybridized carbons (Fsp3) is 0.526. The standard InChI is InChI=1S/C19H26N4O2/c24-19(25-13-14-4-2-1-3-5-14)20-16-8-10-17(11-9-16)23-12-18(21-22-23)15-6-7-15/h1-5,12,15-17,21-22H,6-11,13H2,(H,20,24)/t16-,17-. The number of allylic oxidation sites excluding steroid dienone is 1. The summed E-state index contributed by atoms with van der Waals surface area (Å²) in [4.78, 5) is 12.0. The van der Waals surface area contributed by atoms with Crippen molar-refractivity contribution in [3.05, 3.63) is 47.8 Å². The molecule has 1 amide bonds. The largest absolute Gasteiger partial charge is 0.445 e. The number of carbonyl (C=O) groups excluding carboxylic acids is 1. The van der Waals surface area contributed by atoms with Crippen LogP contribution in [0.2, 0.25) is 0 Å². The molecule has 2 aliphatic carbocycles. The molecule has 0 spiro atoms. The topological polar surface area (TPSA) is 65.6 Å². The smallest absolute Gasteiger partial charge is 0.407 e. The molecule has 1 heterocycles. The summed E-state index contributed by atoms with van der Waals surface area (Å²) in [5.74, 6) is 0.731. The Bertz CT molecular complexity index is 622. The molecule has 1 aromatic carbocycles. The molecule has 0 atom stereocenters. The molecule has 3 N–H and O–H groups in total. The molecule has 0 bridgehead atoms. The van der Waals surface area contributed by atoms with Crippen LogP contribution in [0.4, 0.5) is 4.79 Å². The molecule has 2 saturated carbocycles. The van der Waals surface area contributed by atoms with Crippen LogP contribution in [-0.2, 0) is 11.3 Å². The monoisotopic (exact) mass is 342 g/mol. The molecule has 0 unspecified atom stereocenters. The molecule has 3 aliphatic rings. The van der Waals surface area contributed by atoms with Crippen LogP contribution in [0.5, 0.6) is 0 Å². The van der Waals surface area contributed by atoms with Gasteiger partial charge in [0.1, 0.15) is 6.61 Å². The third kappa shape index (κ3) is 4.25. The van der Waals surface area contributed by atoms with Gasteiger partial charge in [-0.1, -0.05) is 30.3 Å². The predicted molar refractivity (Wildman–Crippen MR) is 94.7 cm³/mol. The first-order valence-electron chi connectivity index (χ1n) is 9.27. The maximum absolute atomic E-state index is 12.0. The van der Waals surface area contributed by atoms with E-state index in [4.69, 9.17) is 4.74 Å². The third-order valence-electron chi connectivity index (χ3n) is 5.25. The minimum atomic E-state index is -0.316. The minimum absolute atomic E-state index is 0.210. The van der Waals surface area contributed by atoms with Gasteiger partial charge in [-0.05, 0) is 44.1 Å². The molecule has 4 rings (SSSR count). The average molecular weight is 342 g/mol. The Morgan fingerprint density at radius 3 is 2.60 bits per heavy atom. The molecule has 1 aromatic rings. The fourth-order valence-corrected chi connectivity index (χ4v) is 3.57. The number of alkyl carbamates (subject to hydrolysis) is 1. The number of benzene rings is 1. The van der Waals surface area contributed by atoms with Crippen LogP contribution in [0.15, 0.2) is 42.2 Å². The van der Waals surface area contributed by atoms with Gasteiger partial charge in [0, 0.05) is 29.9 Å². The Kier molecular flexibility index (Phi) is 4.78. The fourth-order valence-electron chi connectivity index (χ4n) is 3.57. The molecular formula is C19H26N4O2. The van der Waals surface area contributed by atoms with E-state index in [2.05, 4.69) is 27.5 Å². The van der Waals surface area contributed by atoms with Gasteiger partial charge in [-0.2, -0.15) is 0 Å². The molecule has 2 fully saturated rings. The van der Waals surface area contributed by atoms with Crippen LogP contribution >= 0.6 is 0 Å². The molecule has 6 nitrogen and oxygen atoms in total. The van der Waals surface area contributed by atoms with Gasteiger partial charge in [0.15, 0.2) is 0 Å². The van der Waals surface area contributed by atoms with Gasteiger partial charge >= 0.3 is 6.09 Å². The number of hydrazine groups is 2. The predicted octanol–water partition coefficient (Wildman–Crippen LogP) is 2.80. The lowest BCUT2D eigenvalue weighted by Crippen LogP contribution is -2.47. The Hall–Kier alpha value is -2.21. The normalized spacial score (nSPS) is 25.9. The van der Waals surface area contributed by atoms with Gasteiger partial charge < -0.3 is 15.5 Å². The summed E-state index contributed by atoms with van der Waals surface area (Å²) in [6.07, 6.45) is 8.60. The summed E-state index contributed by atoms with van der Waals surface area (Å²) in [6, 6.07) is 10.5. The molecule has 6 heteroatoms. The Balaban J connectivity index is 1.18. The second kappa shape index (κ2) is 7.35. The van der Waals surface area contributed by atoms with E-state index in [0.717, 1.165) is 37.2 Å². The lowest BCUT2D eigenvalue weighted by Gasteiger charge is -2.34. The maximum atomic E-state index is 12.0. The quantitative estimate of drug-likeness (QED) is 0.768. The van der Waals surface area contributed by atoms with E-state index in [1.807, 2.05) is 30.3 Å². The van der Waals surface area contributed by atoms with Crippen molar-refractivity contribution in [1.82, 2.24) is 21.3 Å². The van der Waals surface area contributed by atoms with E-state index >= 15 is 0 Å². The second-order valence-electron chi connectivity index (χ2n) is 7.21. The number of hydrogen-bond acceptors (Lipinski definition) is 5. The number of nitrogens with zero attached hydrogens (tertiary/aromatic N) is 1. The number of nitrogens with one attached hydrogen (secondary N) is 3. The number of rotatable bonds is 5. The first kappa shape index (κ1) is 16.3. The summed E-state index contributed by atoms with van der Waals surface area (Å²) in [5, 5.41) is 5.21. The highest BCUT2D eigenvalue weighted by Gasteiger charge is 2.32. The summed E-state index contributed by atoms with van der Waals surface area (Å²) in [7, 11) is 0. The maximum Gasteiger partial charge on any atom is 0.407 e. The van der Waals surface area contributed by atoms with E-state index in [-0.39, 0.29) is 12.1 Å². The van der Waals surface area contributed by atoms with Gasteiger partial charge in [-0.15, -0.1) is 5.53 Å². The molecule has 25 heavy (non-hydrogen) atoms. The number of amides is 1. The minimum Gasteiger partial charge on any atom is -0.445 e. The Labute approximate surface area is 148 Å². The van der Waals surface area contributed by atoms with Crippen molar-refractivity contribution < 1.29 is 9.53 Å². The van der Waals surface area contributed by atoms with Crippen LogP contribution < -0.4 is 16.3 Å². The highest BCUT2D eigenvalue weighted by atomic mass is 16.5. The third-order valence-corrected chi connectivity index (χ3v) is 5.25. The molecule has 134 valence electrons. The number of hydrogen-bond donors (Lipinski definition) is 3. The van der Waals surface area contributed by atoms with E-state index in [1.165, 1.54) is 18.5 Å². The van der Waals surface area contributed by atoms with Crippen molar-refractivity contribution >= 4 is 6.09 Å². The zero-order chi connectivity index (χ0) is 17.1. The van der Waals surface area contributed by atoms with E-state index in [9.17, 15) is 4.79 Å². The van der Waals surface area contributed by atoms with Crippen molar-refractivity contribution in [3.8, 4) is 0 Å². The van der Waals surface area contributed by atoms with E-state index < -0.39 is 0 Å². The number of ether oxygens (including phenoxy) is 1. The molecular weight excluding hydrogens is 316 g/mol. The highest BCUT2D eigenvalue weighted by Crippen LogP contribution is 2.36. The number of carbonyl (C=O) groups is 1. The van der Waals surface area contributed by atoms with E-state index in [0.29, 0.717) is 12.6 Å². The van der Waals surface area contributed by atoms with Crippen LogP contribution in [-0.4, -0.2) is 23.2 Å². The Morgan fingerprint density at radius 2 is 1.88 bits per heavy atom. The molecule has 0 radical (unpaired) electrons. The van der Waals surface area contributed by atoms with Gasteiger partial charge in [-0.25, -0.2) is 4.79 Å². The summed E-state index contributed by atoms with van der Waals surface area (Å²) in [6.45, 7) is 0.320. The van der Waals surface area contributed by atoms with Crippen molar-refractivity contribution in [2.75, 3.05) is 0 Å². The van der Waals surface area contributed by atoms with Crippen LogP contribution in [0.25, 0.3) is 0 Å². The van der Waals surface area contributed by atoms with Gasteiger partial charge in [0.05, 0.1) is 0 Å². The van der Waals surface area contributed by atoms with Gasteiger partial charge in [0.25, 0.3) is 0 Å². The molecule has 1 aliphatic heterocycles. The van der Waals surface area contributed by atoms with Crippen LogP contribution in [0.3, 0.4) is 0 Å². The lowest BCUT2D eigenvalue weighted by atomic mass is 9.91. The summed E-state index contributed by atoms with van der Waals surface area (Å²) < 4.78 is 5.31. The molecule has 0 saturated heterocycles. The zero-order valence-electron chi connectivity index (χ0n) is 14.4. The highest BCUT2D eigenvalue weighted by molar-refractivity contribution is 5.67. The van der Waals surface area contributed by atoms with Crippen LogP contribution in [0.1, 0.15) is 44.1 Å². The first-order valence-corrected chi connectivity index (χ1v) is 9.27. The van der Waals surface area contributed by atoms with Gasteiger partial charge in [0.2, 0.25) is 0 Å². The Morgan fingerprint density at radius 1 is 1.12 bits per heavy atom. The van der Waals surface area contributed by atoms with Crippen molar-refractivity contribution in [1.29, 1.82) is 0 Å². The summed E-state index contributed by atoms with van der Waals surface area (Å²) >= 11 is 0. The van der Waals surface area contributed by atoms with E-state index in [1.54, 1.807) is 0 Å². The lowest BCUT2D eigenvalue weighted by molar-refractivity contribution is 0.120.